The van der Waals surface area contributed by atoms with Gasteiger partial charge in [-0.25, -0.2) is 0 Å². The molecule has 0 aliphatic carbocycles. The number of hydrogen-bond donors (Lipinski definition) is 1. The van der Waals surface area contributed by atoms with E-state index in [-0.39, 0.29) is 5.91 Å². The van der Waals surface area contributed by atoms with Crippen molar-refractivity contribution < 1.29 is 4.79 Å². The summed E-state index contributed by atoms with van der Waals surface area (Å²) in [5.41, 5.74) is 0. The van der Waals surface area contributed by atoms with Crippen LogP contribution in [0.25, 0.3) is 0 Å². The lowest BCUT2D eigenvalue weighted by Gasteiger charge is -2.00. The fourth-order valence-electron chi connectivity index (χ4n) is 0.729. The third-order valence-corrected chi connectivity index (χ3v) is 1.22. The normalized spacial score (nSPS) is 9.55. The first kappa shape index (κ1) is 7.78. The van der Waals surface area contributed by atoms with Gasteiger partial charge in [0.1, 0.15) is 0 Å². The summed E-state index contributed by atoms with van der Waals surface area (Å²) in [5, 5.41) is 6.59. The molecule has 1 aromatic rings. The lowest BCUT2D eigenvalue weighted by atomic mass is 10.6. The van der Waals surface area contributed by atoms with E-state index in [1.807, 2.05) is 0 Å². The average Bonchev–Trinajstić information content (AvgIpc) is 2.39. The minimum atomic E-state index is -0.0128. The van der Waals surface area contributed by atoms with Gasteiger partial charge in [-0.15, -0.1) is 0 Å². The first-order chi connectivity index (χ1) is 5.29. The maximum Gasteiger partial charge on any atom is 0.216 e. The molecule has 0 aliphatic rings. The van der Waals surface area contributed by atoms with Gasteiger partial charge in [-0.1, -0.05) is 0 Å². The second kappa shape index (κ2) is 3.75. The van der Waals surface area contributed by atoms with Gasteiger partial charge in [0, 0.05) is 25.7 Å². The zero-order valence-electron chi connectivity index (χ0n) is 6.37. The molecular weight excluding hydrogens is 142 g/mol. The number of hydrogen-bond acceptors (Lipinski definition) is 2. The average molecular weight is 152 g/mol. The molecule has 1 amide bonds. The highest BCUT2D eigenvalue weighted by Crippen LogP contribution is 1.80. The number of carbonyl (C=O) groups is 1. The fraction of sp³-hybridized carbons (Fsp3) is 0.429. The van der Waals surface area contributed by atoms with Crippen LogP contribution in [-0.2, 0) is 11.3 Å². The third kappa shape index (κ3) is 2.84. The second-order valence-electron chi connectivity index (χ2n) is 2.19. The standard InChI is InChI=1S/C7H10N3O/c1-7(11)8-4-6-10-5-2-3-9-10/h3,5H,4,6H2,1H3,(H,8,11). The lowest BCUT2D eigenvalue weighted by Crippen LogP contribution is -2.24. The quantitative estimate of drug-likeness (QED) is 0.653. The summed E-state index contributed by atoms with van der Waals surface area (Å²) in [6.45, 7) is 2.81. The van der Waals surface area contributed by atoms with E-state index in [9.17, 15) is 4.79 Å². The van der Waals surface area contributed by atoms with Crippen molar-refractivity contribution in [1.29, 1.82) is 0 Å². The minimum Gasteiger partial charge on any atom is -0.354 e. The molecular formula is C7H10N3O. The zero-order valence-corrected chi connectivity index (χ0v) is 6.37. The molecule has 1 rings (SSSR count). The Kier molecular flexibility index (Phi) is 2.66. The molecule has 0 aliphatic heterocycles. The molecule has 0 saturated heterocycles. The predicted octanol–water partition coefficient (Wildman–Crippen LogP) is -0.181. The fourth-order valence-corrected chi connectivity index (χ4v) is 0.729. The van der Waals surface area contributed by atoms with E-state index in [2.05, 4.69) is 16.5 Å². The van der Waals surface area contributed by atoms with Gasteiger partial charge in [0.2, 0.25) is 5.91 Å². The van der Waals surface area contributed by atoms with Crippen molar-refractivity contribution in [2.45, 2.75) is 13.5 Å². The molecule has 1 aromatic heterocycles. The molecule has 4 heteroatoms. The van der Waals surface area contributed by atoms with E-state index in [0.717, 1.165) is 0 Å². The Morgan fingerprint density at radius 3 is 3.18 bits per heavy atom. The number of aromatic nitrogens is 2. The van der Waals surface area contributed by atoms with Crippen molar-refractivity contribution in [3.63, 3.8) is 0 Å². The summed E-state index contributed by atoms with van der Waals surface area (Å²) in [6, 6.07) is 2.81. The van der Waals surface area contributed by atoms with Gasteiger partial charge in [0.05, 0.1) is 12.7 Å². The van der Waals surface area contributed by atoms with Gasteiger partial charge in [0.25, 0.3) is 0 Å². The molecule has 0 unspecified atom stereocenters. The Balaban J connectivity index is 2.19. The molecule has 0 bridgehead atoms. The zero-order chi connectivity index (χ0) is 8.10. The van der Waals surface area contributed by atoms with Crippen LogP contribution in [0.3, 0.4) is 0 Å². The highest BCUT2D eigenvalue weighted by Gasteiger charge is 1.91. The third-order valence-electron chi connectivity index (χ3n) is 1.22. The van der Waals surface area contributed by atoms with Crippen LogP contribution in [0.15, 0.2) is 12.4 Å². The van der Waals surface area contributed by atoms with Crippen molar-refractivity contribution in [2.24, 2.45) is 0 Å². The van der Waals surface area contributed by atoms with Gasteiger partial charge in [-0.05, 0) is 0 Å². The first-order valence-corrected chi connectivity index (χ1v) is 3.42. The summed E-state index contributed by atoms with van der Waals surface area (Å²) in [5.74, 6) is -0.0128. The molecule has 1 heterocycles. The topological polar surface area (TPSA) is 46.9 Å². The van der Waals surface area contributed by atoms with Crippen molar-refractivity contribution in [2.75, 3.05) is 6.54 Å². The van der Waals surface area contributed by atoms with Crippen LogP contribution in [0.5, 0.6) is 0 Å². The Morgan fingerprint density at radius 2 is 2.64 bits per heavy atom. The van der Waals surface area contributed by atoms with Crippen LogP contribution in [0.2, 0.25) is 0 Å². The van der Waals surface area contributed by atoms with E-state index < -0.39 is 0 Å². The van der Waals surface area contributed by atoms with E-state index in [4.69, 9.17) is 0 Å². The van der Waals surface area contributed by atoms with Crippen molar-refractivity contribution in [3.8, 4) is 0 Å². The van der Waals surface area contributed by atoms with Crippen molar-refractivity contribution in [3.05, 3.63) is 18.5 Å². The molecule has 0 aromatic carbocycles. The molecule has 0 spiro atoms. The summed E-state index contributed by atoms with van der Waals surface area (Å²) < 4.78 is 1.72. The molecule has 4 nitrogen and oxygen atoms in total. The molecule has 59 valence electrons. The number of carbonyl (C=O) groups excluding carboxylic acids is 1. The largest absolute Gasteiger partial charge is 0.354 e. The van der Waals surface area contributed by atoms with Gasteiger partial charge < -0.3 is 5.32 Å². The number of amides is 1. The van der Waals surface area contributed by atoms with Crippen molar-refractivity contribution >= 4 is 5.91 Å². The van der Waals surface area contributed by atoms with Gasteiger partial charge in [-0.3, -0.25) is 9.48 Å². The van der Waals surface area contributed by atoms with Gasteiger partial charge in [0.15, 0.2) is 0 Å². The van der Waals surface area contributed by atoms with Crippen LogP contribution in [0.1, 0.15) is 6.92 Å². The highest BCUT2D eigenvalue weighted by molar-refractivity contribution is 5.72. The van der Waals surface area contributed by atoms with E-state index >= 15 is 0 Å². The predicted molar refractivity (Wildman–Crippen MR) is 39.7 cm³/mol. The van der Waals surface area contributed by atoms with Gasteiger partial charge in [-0.2, -0.15) is 5.10 Å². The number of nitrogens with one attached hydrogen (secondary N) is 1. The van der Waals surface area contributed by atoms with Gasteiger partial charge >= 0.3 is 0 Å². The second-order valence-corrected chi connectivity index (χ2v) is 2.19. The molecule has 0 atom stereocenters. The monoisotopic (exact) mass is 152 g/mol. The lowest BCUT2D eigenvalue weighted by molar-refractivity contribution is -0.118. The van der Waals surface area contributed by atoms with Crippen LogP contribution in [-0.4, -0.2) is 22.2 Å². The molecule has 0 saturated carbocycles. The van der Waals surface area contributed by atoms with Crippen molar-refractivity contribution in [1.82, 2.24) is 15.1 Å². The summed E-state index contributed by atoms with van der Waals surface area (Å²) in [4.78, 5) is 10.4. The number of rotatable bonds is 3. The summed E-state index contributed by atoms with van der Waals surface area (Å²) in [7, 11) is 0. The van der Waals surface area contributed by atoms with E-state index in [0.29, 0.717) is 13.1 Å². The van der Waals surface area contributed by atoms with E-state index in [1.165, 1.54) is 6.92 Å². The van der Waals surface area contributed by atoms with Crippen LogP contribution < -0.4 is 5.32 Å². The summed E-state index contributed by atoms with van der Waals surface area (Å²) in [6.07, 6.45) is 3.33. The van der Waals surface area contributed by atoms with Crippen LogP contribution >= 0.6 is 0 Å². The Hall–Kier alpha value is -1.32. The SMILES string of the molecule is CC(=O)NCCn1c[c]cn1. The maximum atomic E-state index is 10.4. The smallest absolute Gasteiger partial charge is 0.216 e. The maximum absolute atomic E-state index is 10.4. The Bertz CT molecular complexity index is 218. The van der Waals surface area contributed by atoms with E-state index in [1.54, 1.807) is 17.1 Å². The van der Waals surface area contributed by atoms with Crippen LogP contribution in [0, 0.1) is 6.07 Å². The van der Waals surface area contributed by atoms with Crippen LogP contribution in [0.4, 0.5) is 0 Å². The molecule has 1 radical (unpaired) electrons. The summed E-state index contributed by atoms with van der Waals surface area (Å²) >= 11 is 0. The minimum absolute atomic E-state index is 0.0128. The molecule has 11 heavy (non-hydrogen) atoms. The number of nitrogens with zero attached hydrogens (tertiary/aromatic N) is 2. The Labute approximate surface area is 65.2 Å². The molecule has 0 fully saturated rings. The molecule has 1 N–H and O–H groups in total. The first-order valence-electron chi connectivity index (χ1n) is 3.42. The Morgan fingerprint density at radius 1 is 1.82 bits per heavy atom. The highest BCUT2D eigenvalue weighted by atomic mass is 16.1.